The van der Waals surface area contributed by atoms with E-state index in [1.165, 1.54) is 12.1 Å². The molecular weight excluding hydrogens is 309 g/mol. The Morgan fingerprint density at radius 3 is 2.92 bits per heavy atom. The van der Waals surface area contributed by atoms with Gasteiger partial charge in [0.05, 0.1) is 0 Å². The fourth-order valence-corrected chi connectivity index (χ4v) is 4.44. The van der Waals surface area contributed by atoms with Crippen molar-refractivity contribution in [2.45, 2.75) is 57.1 Å². The predicted octanol–water partition coefficient (Wildman–Crippen LogP) is 2.88. The van der Waals surface area contributed by atoms with Crippen LogP contribution in [0.5, 0.6) is 5.75 Å². The van der Waals surface area contributed by atoms with Crippen molar-refractivity contribution in [2.24, 2.45) is 5.92 Å². The summed E-state index contributed by atoms with van der Waals surface area (Å²) in [7, 11) is 0. The summed E-state index contributed by atoms with van der Waals surface area (Å²) in [5.74, 6) is 0.541. The van der Waals surface area contributed by atoms with Crippen LogP contribution in [0.4, 0.5) is 4.39 Å². The highest BCUT2D eigenvalue weighted by atomic mass is 19.1. The molecule has 0 aromatic heterocycles. The Morgan fingerprint density at radius 1 is 1.21 bits per heavy atom. The Bertz CT molecular complexity index is 675. The number of halogens is 1. The fraction of sp³-hybridized carbons (Fsp3) is 0.579. The number of ether oxygens (including phenoxy) is 1. The quantitative estimate of drug-likeness (QED) is 0.837. The van der Waals surface area contributed by atoms with Crippen LogP contribution in [0.25, 0.3) is 0 Å². The Balaban J connectivity index is 1.49. The normalized spacial score (nSPS) is 29.5. The van der Waals surface area contributed by atoms with E-state index in [-0.39, 0.29) is 23.7 Å². The number of benzene rings is 1. The van der Waals surface area contributed by atoms with Gasteiger partial charge in [-0.05, 0) is 43.9 Å². The second-order valence-electron chi connectivity index (χ2n) is 7.12. The number of rotatable bonds is 2. The fourth-order valence-electron chi connectivity index (χ4n) is 4.44. The minimum Gasteiger partial charge on any atom is -0.480 e. The molecule has 0 spiro atoms. The van der Waals surface area contributed by atoms with E-state index in [0.717, 1.165) is 37.7 Å². The van der Waals surface area contributed by atoms with Gasteiger partial charge in [0, 0.05) is 36.9 Å². The van der Waals surface area contributed by atoms with Crippen molar-refractivity contribution in [1.29, 1.82) is 0 Å². The van der Waals surface area contributed by atoms with E-state index < -0.39 is 6.10 Å². The summed E-state index contributed by atoms with van der Waals surface area (Å²) in [6, 6.07) is 4.40. The molecule has 2 fully saturated rings. The Hall–Kier alpha value is -1.91. The SMILES string of the molecule is O=C1CCCCC1C1CCCN1C(=O)C1Cc2cc(F)ccc2O1. The first-order chi connectivity index (χ1) is 11.6. The zero-order chi connectivity index (χ0) is 16.7. The molecule has 3 atom stereocenters. The molecule has 1 saturated heterocycles. The maximum atomic E-state index is 13.4. The zero-order valence-corrected chi connectivity index (χ0v) is 13.7. The van der Waals surface area contributed by atoms with Gasteiger partial charge >= 0.3 is 0 Å². The van der Waals surface area contributed by atoms with Crippen molar-refractivity contribution in [3.05, 3.63) is 29.6 Å². The van der Waals surface area contributed by atoms with Gasteiger partial charge in [-0.2, -0.15) is 0 Å². The topological polar surface area (TPSA) is 46.6 Å². The van der Waals surface area contributed by atoms with E-state index in [9.17, 15) is 14.0 Å². The van der Waals surface area contributed by atoms with Crippen LogP contribution in [0.15, 0.2) is 18.2 Å². The van der Waals surface area contributed by atoms with Gasteiger partial charge in [0.25, 0.3) is 5.91 Å². The number of Topliss-reactive ketones (excluding diaryl/α,β-unsaturated/α-hetero) is 1. The van der Waals surface area contributed by atoms with Crippen LogP contribution in [0.1, 0.15) is 44.1 Å². The summed E-state index contributed by atoms with van der Waals surface area (Å²) in [4.78, 5) is 27.1. The molecule has 1 amide bonds. The number of carbonyl (C=O) groups is 2. The lowest BCUT2D eigenvalue weighted by Crippen LogP contribution is -2.48. The number of ketones is 1. The molecule has 0 N–H and O–H groups in total. The summed E-state index contributed by atoms with van der Waals surface area (Å²) >= 11 is 0. The average molecular weight is 331 g/mol. The first-order valence-corrected chi connectivity index (χ1v) is 8.92. The van der Waals surface area contributed by atoms with E-state index in [1.807, 2.05) is 4.90 Å². The molecule has 128 valence electrons. The van der Waals surface area contributed by atoms with Crippen molar-refractivity contribution in [2.75, 3.05) is 6.54 Å². The Morgan fingerprint density at radius 2 is 2.08 bits per heavy atom. The standard InChI is InChI=1S/C19H22FNO3/c20-13-7-8-17-12(10-13)11-18(24-17)19(23)21-9-3-5-15(21)14-4-1-2-6-16(14)22/h7-8,10,14-15,18H,1-6,9,11H2. The zero-order valence-electron chi connectivity index (χ0n) is 13.7. The summed E-state index contributed by atoms with van der Waals surface area (Å²) < 4.78 is 19.1. The molecule has 24 heavy (non-hydrogen) atoms. The highest BCUT2D eigenvalue weighted by molar-refractivity contribution is 5.86. The van der Waals surface area contributed by atoms with Gasteiger partial charge in [0.2, 0.25) is 0 Å². The minimum absolute atomic E-state index is 0.00794. The first-order valence-electron chi connectivity index (χ1n) is 8.92. The lowest BCUT2D eigenvalue weighted by atomic mass is 9.81. The van der Waals surface area contributed by atoms with Gasteiger partial charge in [-0.3, -0.25) is 9.59 Å². The minimum atomic E-state index is -0.582. The molecule has 0 radical (unpaired) electrons. The van der Waals surface area contributed by atoms with E-state index in [4.69, 9.17) is 4.74 Å². The lowest BCUT2D eigenvalue weighted by Gasteiger charge is -2.34. The van der Waals surface area contributed by atoms with Crippen molar-refractivity contribution in [1.82, 2.24) is 4.90 Å². The molecule has 1 saturated carbocycles. The third kappa shape index (κ3) is 2.70. The Labute approximate surface area is 141 Å². The average Bonchev–Trinajstić information content (AvgIpc) is 3.20. The monoisotopic (exact) mass is 331 g/mol. The highest BCUT2D eigenvalue weighted by Crippen LogP contribution is 2.35. The smallest absolute Gasteiger partial charge is 0.264 e. The second kappa shape index (κ2) is 6.19. The van der Waals surface area contributed by atoms with E-state index in [1.54, 1.807) is 6.07 Å². The van der Waals surface area contributed by atoms with Crippen LogP contribution in [-0.4, -0.2) is 35.3 Å². The largest absolute Gasteiger partial charge is 0.480 e. The van der Waals surface area contributed by atoms with Crippen LogP contribution in [0.3, 0.4) is 0 Å². The molecule has 1 aromatic carbocycles. The third-order valence-corrected chi connectivity index (χ3v) is 5.62. The molecule has 4 nitrogen and oxygen atoms in total. The van der Waals surface area contributed by atoms with Gasteiger partial charge in [0.15, 0.2) is 6.10 Å². The van der Waals surface area contributed by atoms with Crippen molar-refractivity contribution >= 4 is 11.7 Å². The molecule has 1 aromatic rings. The number of likely N-dealkylation sites (tertiary alicyclic amines) is 1. The molecular formula is C19H22FNO3. The second-order valence-corrected chi connectivity index (χ2v) is 7.12. The van der Waals surface area contributed by atoms with Crippen LogP contribution >= 0.6 is 0 Å². The van der Waals surface area contributed by atoms with E-state index in [0.29, 0.717) is 30.9 Å². The lowest BCUT2D eigenvalue weighted by molar-refractivity contribution is -0.141. The van der Waals surface area contributed by atoms with Crippen LogP contribution in [-0.2, 0) is 16.0 Å². The van der Waals surface area contributed by atoms with Crippen LogP contribution in [0, 0.1) is 11.7 Å². The van der Waals surface area contributed by atoms with Gasteiger partial charge in [-0.25, -0.2) is 4.39 Å². The van der Waals surface area contributed by atoms with Crippen LogP contribution < -0.4 is 4.74 Å². The number of hydrogen-bond donors (Lipinski definition) is 0. The Kier molecular flexibility index (Phi) is 4.02. The molecule has 0 bridgehead atoms. The summed E-state index contributed by atoms with van der Waals surface area (Å²) in [5, 5.41) is 0. The number of amides is 1. The first kappa shape index (κ1) is 15.6. The summed E-state index contributed by atoms with van der Waals surface area (Å²) in [6.07, 6.45) is 5.25. The third-order valence-electron chi connectivity index (χ3n) is 5.62. The van der Waals surface area contributed by atoms with E-state index in [2.05, 4.69) is 0 Å². The van der Waals surface area contributed by atoms with Gasteiger partial charge in [-0.15, -0.1) is 0 Å². The molecule has 5 heteroatoms. The van der Waals surface area contributed by atoms with Gasteiger partial charge < -0.3 is 9.64 Å². The van der Waals surface area contributed by atoms with Crippen LogP contribution in [0.2, 0.25) is 0 Å². The van der Waals surface area contributed by atoms with E-state index >= 15 is 0 Å². The molecule has 3 aliphatic rings. The number of hydrogen-bond acceptors (Lipinski definition) is 3. The maximum Gasteiger partial charge on any atom is 0.264 e. The molecule has 2 heterocycles. The summed E-state index contributed by atoms with van der Waals surface area (Å²) in [6.45, 7) is 0.692. The maximum absolute atomic E-state index is 13.4. The summed E-state index contributed by atoms with van der Waals surface area (Å²) in [5.41, 5.74) is 0.748. The molecule has 1 aliphatic carbocycles. The van der Waals surface area contributed by atoms with Crippen molar-refractivity contribution in [3.8, 4) is 5.75 Å². The molecule has 3 unspecified atom stereocenters. The van der Waals surface area contributed by atoms with Gasteiger partial charge in [-0.1, -0.05) is 6.42 Å². The van der Waals surface area contributed by atoms with Crippen molar-refractivity contribution < 1.29 is 18.7 Å². The molecule has 2 aliphatic heterocycles. The van der Waals surface area contributed by atoms with Crippen molar-refractivity contribution in [3.63, 3.8) is 0 Å². The number of carbonyl (C=O) groups excluding carboxylic acids is 2. The molecule has 4 rings (SSSR count). The number of nitrogens with zero attached hydrogens (tertiary/aromatic N) is 1. The number of fused-ring (bicyclic) bond motifs is 1. The highest BCUT2D eigenvalue weighted by Gasteiger charge is 2.42. The predicted molar refractivity (Wildman–Crippen MR) is 86.2 cm³/mol. The van der Waals surface area contributed by atoms with Gasteiger partial charge in [0.1, 0.15) is 17.3 Å².